The molecule has 248 valence electrons. The van der Waals surface area contributed by atoms with Crippen LogP contribution in [0.15, 0.2) is 24.3 Å². The fourth-order valence-corrected chi connectivity index (χ4v) is 12.1. The number of hydrogen-bond acceptors (Lipinski definition) is 3. The first-order valence-corrected chi connectivity index (χ1v) is 20.0. The van der Waals surface area contributed by atoms with Crippen molar-refractivity contribution in [3.63, 3.8) is 0 Å². The Labute approximate surface area is 270 Å². The minimum atomic E-state index is -0.154. The number of rotatable bonds is 20. The van der Waals surface area contributed by atoms with E-state index in [1.807, 2.05) is 0 Å². The molecule has 12 unspecified atom stereocenters. The van der Waals surface area contributed by atoms with Gasteiger partial charge < -0.3 is 14.6 Å². The third-order valence-electron chi connectivity index (χ3n) is 14.5. The van der Waals surface area contributed by atoms with Crippen molar-refractivity contribution in [3.05, 3.63) is 24.3 Å². The first-order chi connectivity index (χ1) is 21.8. The Morgan fingerprint density at radius 2 is 1.27 bits per heavy atom. The van der Waals surface area contributed by atoms with Crippen molar-refractivity contribution in [2.24, 2.45) is 71.0 Å². The maximum atomic E-state index is 9.71. The van der Waals surface area contributed by atoms with Crippen LogP contribution in [0.2, 0.25) is 0 Å². The highest BCUT2D eigenvalue weighted by molar-refractivity contribution is 5.19. The minimum absolute atomic E-state index is 0.0690. The molecule has 44 heavy (non-hydrogen) atoms. The molecule has 3 heteroatoms. The van der Waals surface area contributed by atoms with Crippen LogP contribution in [0, 0.1) is 71.0 Å². The van der Waals surface area contributed by atoms with Crippen molar-refractivity contribution in [2.45, 2.75) is 135 Å². The van der Waals surface area contributed by atoms with Gasteiger partial charge in [-0.1, -0.05) is 88.5 Å². The van der Waals surface area contributed by atoms with Crippen LogP contribution >= 0.6 is 0 Å². The molecule has 7 aliphatic rings. The molecular formula is C41H66O3. The quantitative estimate of drug-likeness (QED) is 0.111. The molecule has 0 radical (unpaired) electrons. The number of hydrogen-bond donors (Lipinski definition) is 1. The minimum Gasteiger partial charge on any atom is -0.394 e. The number of fused-ring (bicyclic) bond motifs is 11. The summed E-state index contributed by atoms with van der Waals surface area (Å²) in [6.07, 6.45) is 37.9. The average molecular weight is 607 g/mol. The SMILES string of the molecule is OC[C@@H](COCCCCCCC1C=CC2C3CCC=CC3C2C1)OCCCCCCCCC1CCC2C(C1)C1C3CCC3C21. The zero-order valence-corrected chi connectivity index (χ0v) is 28.0. The first kappa shape index (κ1) is 31.9. The van der Waals surface area contributed by atoms with E-state index in [-0.39, 0.29) is 12.7 Å². The highest BCUT2D eigenvalue weighted by atomic mass is 16.5. The fourth-order valence-electron chi connectivity index (χ4n) is 12.1. The first-order valence-electron chi connectivity index (χ1n) is 20.0. The molecule has 0 aliphatic heterocycles. The number of aliphatic hydroxyl groups excluding tert-OH is 1. The Bertz CT molecular complexity index is 936. The second kappa shape index (κ2) is 15.5. The van der Waals surface area contributed by atoms with Crippen molar-refractivity contribution in [2.75, 3.05) is 26.4 Å². The van der Waals surface area contributed by atoms with Gasteiger partial charge in [0.25, 0.3) is 0 Å². The van der Waals surface area contributed by atoms with Crippen LogP contribution in [0.1, 0.15) is 128 Å². The maximum absolute atomic E-state index is 9.71. The molecule has 0 bridgehead atoms. The molecule has 0 aromatic carbocycles. The van der Waals surface area contributed by atoms with E-state index in [1.54, 1.807) is 32.1 Å². The lowest BCUT2D eigenvalue weighted by molar-refractivity contribution is -0.264. The Morgan fingerprint density at radius 3 is 2.09 bits per heavy atom. The van der Waals surface area contributed by atoms with Crippen molar-refractivity contribution in [1.82, 2.24) is 0 Å². The molecule has 0 heterocycles. The molecule has 0 amide bonds. The molecule has 7 rings (SSSR count). The Morgan fingerprint density at radius 1 is 0.591 bits per heavy atom. The maximum Gasteiger partial charge on any atom is 0.104 e. The van der Waals surface area contributed by atoms with Gasteiger partial charge in [0, 0.05) is 13.2 Å². The van der Waals surface area contributed by atoms with Crippen LogP contribution in [-0.4, -0.2) is 37.6 Å². The van der Waals surface area contributed by atoms with E-state index in [0.29, 0.717) is 6.61 Å². The second-order valence-corrected chi connectivity index (χ2v) is 16.8. The third kappa shape index (κ3) is 6.96. The normalized spacial score (nSPS) is 41.5. The van der Waals surface area contributed by atoms with Gasteiger partial charge in [-0.3, -0.25) is 0 Å². The van der Waals surface area contributed by atoms with Crippen LogP contribution < -0.4 is 0 Å². The summed E-state index contributed by atoms with van der Waals surface area (Å²) in [4.78, 5) is 0. The lowest BCUT2D eigenvalue weighted by Crippen LogP contribution is -2.69. The standard InChI is InChI=1S/C41H66O3/c42-27-31(28-43-23-11-6-4-8-13-29-17-19-34-32-15-9-10-16-33(32)38(34)25-29)44-24-12-5-2-1-3-7-14-30-18-20-37-39(26-30)41-36-22-21-35(36)40(37)41/h10,16-17,19,29-42H,1-9,11-15,18,20-28H2/t29?,30?,31-,32?,33?,34?,35?,36?,37?,38?,39?,40?,41?/m0/s1. The molecule has 3 nitrogen and oxygen atoms in total. The van der Waals surface area contributed by atoms with Crippen LogP contribution in [0.4, 0.5) is 0 Å². The van der Waals surface area contributed by atoms with Gasteiger partial charge in [0.05, 0.1) is 13.2 Å². The molecule has 5 fully saturated rings. The van der Waals surface area contributed by atoms with E-state index in [9.17, 15) is 5.11 Å². The monoisotopic (exact) mass is 607 g/mol. The summed E-state index contributed by atoms with van der Waals surface area (Å²) in [6, 6.07) is 0. The van der Waals surface area contributed by atoms with Gasteiger partial charge in [-0.25, -0.2) is 0 Å². The predicted octanol–water partition coefficient (Wildman–Crippen LogP) is 9.78. The summed E-state index contributed by atoms with van der Waals surface area (Å²) < 4.78 is 11.8. The summed E-state index contributed by atoms with van der Waals surface area (Å²) >= 11 is 0. The van der Waals surface area contributed by atoms with Gasteiger partial charge in [-0.15, -0.1) is 0 Å². The summed E-state index contributed by atoms with van der Waals surface area (Å²) in [7, 11) is 0. The highest BCUT2D eigenvalue weighted by Gasteiger charge is 2.68. The number of ether oxygens (including phenoxy) is 2. The summed E-state index contributed by atoms with van der Waals surface area (Å²) in [6.45, 7) is 2.16. The van der Waals surface area contributed by atoms with Crippen molar-refractivity contribution in [1.29, 1.82) is 0 Å². The molecule has 1 N–H and O–H groups in total. The van der Waals surface area contributed by atoms with Crippen molar-refractivity contribution < 1.29 is 14.6 Å². The van der Waals surface area contributed by atoms with Crippen LogP contribution in [0.25, 0.3) is 0 Å². The van der Waals surface area contributed by atoms with Crippen LogP contribution in [0.5, 0.6) is 0 Å². The van der Waals surface area contributed by atoms with Crippen LogP contribution in [0.3, 0.4) is 0 Å². The molecule has 0 saturated heterocycles. The number of unbranched alkanes of at least 4 members (excludes halogenated alkanes) is 8. The van der Waals surface area contributed by atoms with Gasteiger partial charge in [0.1, 0.15) is 6.10 Å². The van der Waals surface area contributed by atoms with Gasteiger partial charge in [0.2, 0.25) is 0 Å². The molecule has 13 atom stereocenters. The van der Waals surface area contributed by atoms with E-state index in [4.69, 9.17) is 9.47 Å². The van der Waals surface area contributed by atoms with E-state index in [2.05, 4.69) is 24.3 Å². The smallest absolute Gasteiger partial charge is 0.104 e. The van der Waals surface area contributed by atoms with E-state index in [1.165, 1.54) is 113 Å². The van der Waals surface area contributed by atoms with Gasteiger partial charge >= 0.3 is 0 Å². The topological polar surface area (TPSA) is 38.7 Å². The summed E-state index contributed by atoms with van der Waals surface area (Å²) in [5.41, 5.74) is 0. The molecule has 0 spiro atoms. The van der Waals surface area contributed by atoms with Gasteiger partial charge in [0.15, 0.2) is 0 Å². The summed E-state index contributed by atoms with van der Waals surface area (Å²) in [5.74, 6) is 12.7. The van der Waals surface area contributed by atoms with E-state index in [0.717, 1.165) is 67.5 Å². The lowest BCUT2D eigenvalue weighted by atomic mass is 9.30. The zero-order chi connectivity index (χ0) is 29.7. The van der Waals surface area contributed by atoms with Gasteiger partial charge in [-0.05, 0) is 135 Å². The largest absolute Gasteiger partial charge is 0.394 e. The van der Waals surface area contributed by atoms with Gasteiger partial charge in [-0.2, -0.15) is 0 Å². The molecule has 0 aromatic rings. The highest BCUT2D eigenvalue weighted by Crippen LogP contribution is 2.74. The molecular weight excluding hydrogens is 540 g/mol. The van der Waals surface area contributed by atoms with E-state index < -0.39 is 0 Å². The fraction of sp³-hybridized carbons (Fsp3) is 0.902. The predicted molar refractivity (Wildman–Crippen MR) is 180 cm³/mol. The van der Waals surface area contributed by atoms with Crippen molar-refractivity contribution >= 4 is 0 Å². The number of aliphatic hydroxyl groups is 1. The lowest BCUT2D eigenvalue weighted by Gasteiger charge is -2.74. The molecule has 0 aromatic heterocycles. The average Bonchev–Trinajstić information content (AvgIpc) is 3.03. The van der Waals surface area contributed by atoms with Crippen LogP contribution in [-0.2, 0) is 9.47 Å². The molecule has 5 saturated carbocycles. The zero-order valence-electron chi connectivity index (χ0n) is 28.0. The van der Waals surface area contributed by atoms with Crippen molar-refractivity contribution in [3.8, 4) is 0 Å². The third-order valence-corrected chi connectivity index (χ3v) is 14.5. The Balaban J connectivity index is 0.630. The summed E-state index contributed by atoms with van der Waals surface area (Å²) in [5, 5.41) is 9.71. The second-order valence-electron chi connectivity index (χ2n) is 16.8. The molecule has 7 aliphatic carbocycles. The Kier molecular flexibility index (Phi) is 11.3. The van der Waals surface area contributed by atoms with E-state index >= 15 is 0 Å². The number of allylic oxidation sites excluding steroid dienone is 4. The Hall–Kier alpha value is -0.640.